The molecule has 0 radical (unpaired) electrons. The maximum absolute atomic E-state index is 13.1. The van der Waals surface area contributed by atoms with Gasteiger partial charge in [-0.2, -0.15) is 10.2 Å². The van der Waals surface area contributed by atoms with Gasteiger partial charge >= 0.3 is 6.03 Å². The summed E-state index contributed by atoms with van der Waals surface area (Å²) in [6.07, 6.45) is 3.35. The highest BCUT2D eigenvalue weighted by Crippen LogP contribution is 2.50. The summed E-state index contributed by atoms with van der Waals surface area (Å²) in [6, 6.07) is 15.0. The lowest BCUT2D eigenvalue weighted by Gasteiger charge is -2.24. The number of rotatable bonds is 2. The molecule has 29 heavy (non-hydrogen) atoms. The van der Waals surface area contributed by atoms with E-state index in [9.17, 15) is 9.59 Å². The van der Waals surface area contributed by atoms with Crippen molar-refractivity contribution in [2.75, 3.05) is 0 Å². The number of urea groups is 1. The average molecular weight is 382 g/mol. The molecule has 3 heterocycles. The van der Waals surface area contributed by atoms with Gasteiger partial charge in [-0.05, 0) is 46.5 Å². The lowest BCUT2D eigenvalue weighted by molar-refractivity contribution is -0.122. The fourth-order valence-corrected chi connectivity index (χ4v) is 4.33. The summed E-state index contributed by atoms with van der Waals surface area (Å²) >= 11 is 0. The topological polar surface area (TPSA) is 116 Å². The highest BCUT2D eigenvalue weighted by atomic mass is 16.2. The van der Waals surface area contributed by atoms with E-state index < -0.39 is 11.6 Å². The monoisotopic (exact) mass is 382 g/mol. The Labute approximate surface area is 164 Å². The van der Waals surface area contributed by atoms with Gasteiger partial charge in [0.25, 0.3) is 5.91 Å². The Kier molecular flexibility index (Phi) is 2.95. The van der Waals surface area contributed by atoms with E-state index in [0.717, 1.165) is 44.8 Å². The van der Waals surface area contributed by atoms with Crippen LogP contribution in [0, 0.1) is 0 Å². The number of hydrogen-bond donors (Lipinski definition) is 4. The normalized spacial score (nSPS) is 15.9. The van der Waals surface area contributed by atoms with Gasteiger partial charge in [0, 0.05) is 23.5 Å². The molecule has 0 saturated carbocycles. The molecule has 1 spiro atoms. The number of hydrogen-bond acceptors (Lipinski definition) is 4. The molecule has 2 aromatic carbocycles. The molecular formula is C21H14N6O2. The van der Waals surface area contributed by atoms with Crippen LogP contribution in [0.1, 0.15) is 11.1 Å². The Hall–Kier alpha value is -4.20. The average Bonchev–Trinajstić information content (AvgIpc) is 3.51. The number of imide groups is 1. The molecule has 4 N–H and O–H groups in total. The highest BCUT2D eigenvalue weighted by molar-refractivity contribution is 6.13. The van der Waals surface area contributed by atoms with E-state index in [-0.39, 0.29) is 5.91 Å². The van der Waals surface area contributed by atoms with E-state index in [1.54, 1.807) is 12.4 Å². The summed E-state index contributed by atoms with van der Waals surface area (Å²) in [5, 5.41) is 19.2. The van der Waals surface area contributed by atoms with Crippen molar-refractivity contribution in [2.24, 2.45) is 0 Å². The zero-order valence-electron chi connectivity index (χ0n) is 15.0. The summed E-state index contributed by atoms with van der Waals surface area (Å²) in [5.41, 5.74) is 5.48. The molecule has 6 rings (SSSR count). The van der Waals surface area contributed by atoms with Crippen LogP contribution in [0.25, 0.3) is 33.6 Å². The Morgan fingerprint density at radius 1 is 0.724 bits per heavy atom. The van der Waals surface area contributed by atoms with Gasteiger partial charge in [-0.25, -0.2) is 4.79 Å². The van der Waals surface area contributed by atoms with Crippen molar-refractivity contribution in [2.45, 2.75) is 5.54 Å². The van der Waals surface area contributed by atoms with Crippen molar-refractivity contribution in [3.8, 4) is 33.6 Å². The van der Waals surface area contributed by atoms with E-state index in [0.29, 0.717) is 0 Å². The fourth-order valence-electron chi connectivity index (χ4n) is 4.33. The van der Waals surface area contributed by atoms with Gasteiger partial charge in [-0.3, -0.25) is 20.3 Å². The van der Waals surface area contributed by atoms with Crippen LogP contribution in [0.15, 0.2) is 60.9 Å². The molecule has 1 aliphatic heterocycles. The van der Waals surface area contributed by atoms with E-state index in [4.69, 9.17) is 0 Å². The van der Waals surface area contributed by atoms with Crippen LogP contribution >= 0.6 is 0 Å². The van der Waals surface area contributed by atoms with Crippen molar-refractivity contribution in [3.05, 3.63) is 72.1 Å². The second-order valence-corrected chi connectivity index (χ2v) is 7.12. The first-order valence-corrected chi connectivity index (χ1v) is 9.09. The molecule has 8 nitrogen and oxygen atoms in total. The molecule has 2 aromatic heterocycles. The van der Waals surface area contributed by atoms with Crippen molar-refractivity contribution < 1.29 is 9.59 Å². The molecule has 0 atom stereocenters. The van der Waals surface area contributed by atoms with E-state index in [1.165, 1.54) is 0 Å². The molecule has 0 bridgehead atoms. The van der Waals surface area contributed by atoms with Crippen LogP contribution in [0.3, 0.4) is 0 Å². The molecule has 2 aliphatic rings. The molecule has 3 amide bonds. The van der Waals surface area contributed by atoms with Crippen LogP contribution in [-0.4, -0.2) is 32.3 Å². The van der Waals surface area contributed by atoms with Crippen LogP contribution in [0.5, 0.6) is 0 Å². The Morgan fingerprint density at radius 2 is 1.28 bits per heavy atom. The zero-order chi connectivity index (χ0) is 19.6. The molecule has 140 valence electrons. The van der Waals surface area contributed by atoms with E-state index >= 15 is 0 Å². The lowest BCUT2D eigenvalue weighted by atomic mass is 9.86. The number of fused-ring (bicyclic) bond motifs is 5. The zero-order valence-corrected chi connectivity index (χ0v) is 15.0. The summed E-state index contributed by atoms with van der Waals surface area (Å²) in [6.45, 7) is 0. The quantitative estimate of drug-likeness (QED) is 0.399. The minimum absolute atomic E-state index is 0.383. The Balaban J connectivity index is 1.62. The number of carbonyl (C=O) groups is 2. The predicted molar refractivity (Wildman–Crippen MR) is 104 cm³/mol. The standard InChI is InChI=1S/C21H14N6O2/c28-19-21(25-20(29)24-19)15-9-11(17-5-7-22-26-17)1-3-13(15)14-4-2-12(10-16(14)21)18-6-8-23-27-18/h1-10H,(H,22,26)(H,23,27)(H2,24,25,28,29). The van der Waals surface area contributed by atoms with Crippen molar-refractivity contribution in [1.29, 1.82) is 0 Å². The minimum atomic E-state index is -1.27. The van der Waals surface area contributed by atoms with Crippen LogP contribution < -0.4 is 10.6 Å². The van der Waals surface area contributed by atoms with Crippen molar-refractivity contribution >= 4 is 11.9 Å². The second-order valence-electron chi connectivity index (χ2n) is 7.12. The van der Waals surface area contributed by atoms with E-state index in [1.807, 2.05) is 48.5 Å². The Bertz CT molecular complexity index is 1210. The van der Waals surface area contributed by atoms with Gasteiger partial charge in [-0.15, -0.1) is 0 Å². The van der Waals surface area contributed by atoms with Gasteiger partial charge in [-0.1, -0.05) is 24.3 Å². The maximum Gasteiger partial charge on any atom is 0.322 e. The molecular weight excluding hydrogens is 368 g/mol. The SMILES string of the molecule is O=C1NC(=O)C2(N1)c1cc(-c3ccn[nH]3)ccc1-c1ccc(-c3ccn[nH]3)cc12. The van der Waals surface area contributed by atoms with Crippen LogP contribution in [0.4, 0.5) is 4.79 Å². The largest absolute Gasteiger partial charge is 0.322 e. The number of aromatic nitrogens is 4. The number of carbonyl (C=O) groups excluding carboxylic acids is 2. The molecule has 4 aromatic rings. The summed E-state index contributed by atoms with van der Waals surface area (Å²) < 4.78 is 0. The third-order valence-corrected chi connectivity index (χ3v) is 5.63. The number of aromatic amines is 2. The molecule has 1 saturated heterocycles. The summed E-state index contributed by atoms with van der Waals surface area (Å²) in [4.78, 5) is 25.3. The molecule has 0 unspecified atom stereocenters. The summed E-state index contributed by atoms with van der Waals surface area (Å²) in [7, 11) is 0. The van der Waals surface area contributed by atoms with E-state index in [2.05, 4.69) is 31.0 Å². The van der Waals surface area contributed by atoms with Gasteiger partial charge in [0.2, 0.25) is 0 Å². The smallest absolute Gasteiger partial charge is 0.316 e. The third-order valence-electron chi connectivity index (χ3n) is 5.63. The first-order chi connectivity index (χ1) is 14.2. The minimum Gasteiger partial charge on any atom is -0.316 e. The predicted octanol–water partition coefficient (Wildman–Crippen LogP) is 2.53. The number of benzene rings is 2. The van der Waals surface area contributed by atoms with Crippen LogP contribution in [0.2, 0.25) is 0 Å². The summed E-state index contributed by atoms with van der Waals surface area (Å²) in [5.74, 6) is -0.383. The molecule has 1 fully saturated rings. The van der Waals surface area contributed by atoms with Gasteiger partial charge in [0.1, 0.15) is 0 Å². The number of amides is 3. The van der Waals surface area contributed by atoms with Gasteiger partial charge < -0.3 is 5.32 Å². The van der Waals surface area contributed by atoms with Gasteiger partial charge in [0.15, 0.2) is 5.54 Å². The van der Waals surface area contributed by atoms with Crippen LogP contribution in [-0.2, 0) is 10.3 Å². The third kappa shape index (κ3) is 2.02. The van der Waals surface area contributed by atoms with Crippen molar-refractivity contribution in [3.63, 3.8) is 0 Å². The fraction of sp³-hybridized carbons (Fsp3) is 0.0476. The lowest BCUT2D eigenvalue weighted by Crippen LogP contribution is -2.43. The first kappa shape index (κ1) is 15.8. The highest BCUT2D eigenvalue weighted by Gasteiger charge is 2.55. The Morgan fingerprint density at radius 3 is 1.69 bits per heavy atom. The second kappa shape index (κ2) is 5.41. The number of nitrogens with zero attached hydrogens (tertiary/aromatic N) is 2. The van der Waals surface area contributed by atoms with Crippen molar-refractivity contribution in [1.82, 2.24) is 31.0 Å². The molecule has 8 heteroatoms. The molecule has 1 aliphatic carbocycles. The number of H-pyrrole nitrogens is 2. The number of nitrogens with one attached hydrogen (secondary N) is 4. The maximum atomic E-state index is 13.1. The first-order valence-electron chi connectivity index (χ1n) is 9.09. The van der Waals surface area contributed by atoms with Gasteiger partial charge in [0.05, 0.1) is 11.4 Å².